The molecule has 1 N–H and O–H groups in total. The van der Waals surface area contributed by atoms with Crippen LogP contribution in [0.2, 0.25) is 0 Å². The van der Waals surface area contributed by atoms with E-state index in [1.165, 1.54) is 6.42 Å². The van der Waals surface area contributed by atoms with Crippen LogP contribution in [-0.4, -0.2) is 49.3 Å². The highest BCUT2D eigenvalue weighted by Gasteiger charge is 2.23. The van der Waals surface area contributed by atoms with Gasteiger partial charge in [0.1, 0.15) is 0 Å². The van der Waals surface area contributed by atoms with Gasteiger partial charge in [-0.2, -0.15) is 0 Å². The van der Waals surface area contributed by atoms with Gasteiger partial charge in [0.15, 0.2) is 0 Å². The maximum Gasteiger partial charge on any atom is 0.0826 e. The minimum absolute atomic E-state index is 0.360. The largest absolute Gasteiger partial charge is 0.374 e. The summed E-state index contributed by atoms with van der Waals surface area (Å²) in [5.41, 5.74) is 0. The molecule has 1 saturated heterocycles. The van der Waals surface area contributed by atoms with E-state index in [1.807, 2.05) is 0 Å². The molecule has 17 heavy (non-hydrogen) atoms. The van der Waals surface area contributed by atoms with Gasteiger partial charge in [0.25, 0.3) is 0 Å². The second kappa shape index (κ2) is 7.34. The molecule has 3 heteroatoms. The van der Waals surface area contributed by atoms with E-state index >= 15 is 0 Å². The van der Waals surface area contributed by atoms with E-state index in [9.17, 15) is 0 Å². The van der Waals surface area contributed by atoms with Crippen LogP contribution >= 0.6 is 0 Å². The van der Waals surface area contributed by atoms with Crippen LogP contribution in [0.1, 0.15) is 41.0 Å². The van der Waals surface area contributed by atoms with Crippen LogP contribution < -0.4 is 5.32 Å². The fourth-order valence-electron chi connectivity index (χ4n) is 2.47. The van der Waals surface area contributed by atoms with Crippen molar-refractivity contribution in [3.63, 3.8) is 0 Å². The van der Waals surface area contributed by atoms with E-state index in [0.29, 0.717) is 24.1 Å². The molecule has 0 amide bonds. The molecule has 1 heterocycles. The average Bonchev–Trinajstić information content (AvgIpc) is 2.29. The Balaban J connectivity index is 2.31. The molecule has 1 fully saturated rings. The number of hydrogen-bond donors (Lipinski definition) is 1. The van der Waals surface area contributed by atoms with Crippen molar-refractivity contribution >= 4 is 0 Å². The quantitative estimate of drug-likeness (QED) is 0.772. The third-order valence-electron chi connectivity index (χ3n) is 3.75. The lowest BCUT2D eigenvalue weighted by molar-refractivity contribution is -0.0386. The van der Waals surface area contributed by atoms with Gasteiger partial charge < -0.3 is 10.1 Å². The Bertz CT molecular complexity index is 206. The van der Waals surface area contributed by atoms with E-state index in [2.05, 4.69) is 44.8 Å². The summed E-state index contributed by atoms with van der Waals surface area (Å²) in [5, 5.41) is 3.65. The van der Waals surface area contributed by atoms with E-state index in [1.54, 1.807) is 0 Å². The van der Waals surface area contributed by atoms with Crippen LogP contribution in [0, 0.1) is 5.92 Å². The predicted octanol–water partition coefficient (Wildman–Crippen LogP) is 2.12. The smallest absolute Gasteiger partial charge is 0.0826 e. The average molecular weight is 242 g/mol. The van der Waals surface area contributed by atoms with Gasteiger partial charge in [-0.25, -0.2) is 0 Å². The first-order valence-corrected chi connectivity index (χ1v) is 7.13. The molecule has 0 aromatic carbocycles. The van der Waals surface area contributed by atoms with Gasteiger partial charge in [-0.15, -0.1) is 0 Å². The Morgan fingerprint density at radius 1 is 1.29 bits per heavy atom. The minimum atomic E-state index is 0.360. The standard InChI is InChI=1S/C14H30N2O/c1-6-14(11(2)3)15-9-13-10-16(12(4)5)7-8-17-13/h11-15H,6-10H2,1-5H3. The first-order chi connectivity index (χ1) is 8.04. The second-order valence-corrected chi connectivity index (χ2v) is 5.75. The third kappa shape index (κ3) is 4.94. The van der Waals surface area contributed by atoms with Crippen LogP contribution in [0.5, 0.6) is 0 Å². The molecule has 2 unspecified atom stereocenters. The molecule has 102 valence electrons. The van der Waals surface area contributed by atoms with Gasteiger partial charge in [0.2, 0.25) is 0 Å². The maximum atomic E-state index is 5.83. The summed E-state index contributed by atoms with van der Waals surface area (Å²) < 4.78 is 5.83. The van der Waals surface area contributed by atoms with Crippen LogP contribution in [0.3, 0.4) is 0 Å². The number of nitrogens with one attached hydrogen (secondary N) is 1. The predicted molar refractivity (Wildman–Crippen MR) is 73.4 cm³/mol. The molecule has 1 aliphatic heterocycles. The van der Waals surface area contributed by atoms with Gasteiger partial charge in [-0.05, 0) is 26.2 Å². The molecule has 3 nitrogen and oxygen atoms in total. The molecule has 0 spiro atoms. The van der Waals surface area contributed by atoms with Gasteiger partial charge in [0, 0.05) is 31.7 Å². The van der Waals surface area contributed by atoms with Crippen LogP contribution in [-0.2, 0) is 4.74 Å². The Hall–Kier alpha value is -0.120. The zero-order chi connectivity index (χ0) is 12.8. The van der Waals surface area contributed by atoms with Crippen molar-refractivity contribution < 1.29 is 4.74 Å². The fraction of sp³-hybridized carbons (Fsp3) is 1.00. The van der Waals surface area contributed by atoms with Gasteiger partial charge in [-0.1, -0.05) is 20.8 Å². The van der Waals surface area contributed by atoms with Crippen molar-refractivity contribution in [1.29, 1.82) is 0 Å². The molecule has 1 rings (SSSR count). The van der Waals surface area contributed by atoms with Crippen molar-refractivity contribution in [2.45, 2.75) is 59.2 Å². The summed E-state index contributed by atoms with van der Waals surface area (Å²) in [6.07, 6.45) is 1.55. The lowest BCUT2D eigenvalue weighted by atomic mass is 10.0. The number of hydrogen-bond acceptors (Lipinski definition) is 3. The zero-order valence-electron chi connectivity index (χ0n) is 12.2. The van der Waals surface area contributed by atoms with Crippen molar-refractivity contribution in [3.05, 3.63) is 0 Å². The molecule has 1 aliphatic rings. The molecule has 0 bridgehead atoms. The molecule has 0 aromatic heterocycles. The van der Waals surface area contributed by atoms with Crippen molar-refractivity contribution in [1.82, 2.24) is 10.2 Å². The summed E-state index contributed by atoms with van der Waals surface area (Å²) in [6.45, 7) is 15.3. The molecule has 2 atom stereocenters. The van der Waals surface area contributed by atoms with E-state index in [4.69, 9.17) is 4.74 Å². The van der Waals surface area contributed by atoms with E-state index in [-0.39, 0.29) is 0 Å². The number of nitrogens with zero attached hydrogens (tertiary/aromatic N) is 1. The summed E-state index contributed by atoms with van der Waals surface area (Å²) in [7, 11) is 0. The minimum Gasteiger partial charge on any atom is -0.374 e. The second-order valence-electron chi connectivity index (χ2n) is 5.75. The molecular weight excluding hydrogens is 212 g/mol. The molecule has 0 radical (unpaired) electrons. The molecular formula is C14H30N2O. The highest BCUT2D eigenvalue weighted by molar-refractivity contribution is 4.78. The van der Waals surface area contributed by atoms with E-state index in [0.717, 1.165) is 26.2 Å². The lowest BCUT2D eigenvalue weighted by Crippen LogP contribution is -2.50. The number of ether oxygens (including phenoxy) is 1. The Morgan fingerprint density at radius 2 is 2.00 bits per heavy atom. The first kappa shape index (κ1) is 14.9. The maximum absolute atomic E-state index is 5.83. The van der Waals surface area contributed by atoms with Crippen molar-refractivity contribution in [2.24, 2.45) is 5.92 Å². The molecule has 0 aliphatic carbocycles. The SMILES string of the molecule is CCC(NCC1CN(C(C)C)CCO1)C(C)C. The summed E-state index contributed by atoms with van der Waals surface area (Å²) in [4.78, 5) is 2.51. The topological polar surface area (TPSA) is 24.5 Å². The normalized spacial score (nSPS) is 24.5. The Morgan fingerprint density at radius 3 is 2.53 bits per heavy atom. The fourth-order valence-corrected chi connectivity index (χ4v) is 2.47. The summed E-state index contributed by atoms with van der Waals surface area (Å²) in [6, 6.07) is 1.25. The van der Waals surface area contributed by atoms with E-state index < -0.39 is 0 Å². The Labute approximate surface area is 107 Å². The summed E-state index contributed by atoms with van der Waals surface area (Å²) >= 11 is 0. The van der Waals surface area contributed by atoms with Crippen molar-refractivity contribution in [3.8, 4) is 0 Å². The van der Waals surface area contributed by atoms with Crippen molar-refractivity contribution in [2.75, 3.05) is 26.2 Å². The van der Waals surface area contributed by atoms with Gasteiger partial charge in [0.05, 0.1) is 12.7 Å². The van der Waals surface area contributed by atoms with Gasteiger partial charge in [-0.3, -0.25) is 4.90 Å². The van der Waals surface area contributed by atoms with Crippen LogP contribution in [0.25, 0.3) is 0 Å². The Kier molecular flexibility index (Phi) is 6.45. The highest BCUT2D eigenvalue weighted by Crippen LogP contribution is 2.10. The first-order valence-electron chi connectivity index (χ1n) is 7.13. The third-order valence-corrected chi connectivity index (χ3v) is 3.75. The lowest BCUT2D eigenvalue weighted by Gasteiger charge is -2.36. The van der Waals surface area contributed by atoms with Crippen LogP contribution in [0.4, 0.5) is 0 Å². The van der Waals surface area contributed by atoms with Gasteiger partial charge >= 0.3 is 0 Å². The van der Waals surface area contributed by atoms with Crippen LogP contribution in [0.15, 0.2) is 0 Å². The highest BCUT2D eigenvalue weighted by atomic mass is 16.5. The molecule has 0 saturated carbocycles. The summed E-state index contributed by atoms with van der Waals surface area (Å²) in [5.74, 6) is 0.699. The molecule has 0 aromatic rings. The number of morpholine rings is 1. The zero-order valence-corrected chi connectivity index (χ0v) is 12.2. The monoisotopic (exact) mass is 242 g/mol. The number of rotatable bonds is 6.